The number of benzene rings is 6. The molecule has 8 rings (SSSR count). The molecule has 0 aliphatic heterocycles. The number of rotatable bonds is 6. The van der Waals surface area contributed by atoms with E-state index in [1.54, 1.807) is 0 Å². The van der Waals surface area contributed by atoms with E-state index >= 15 is 0 Å². The first-order chi connectivity index (χ1) is 25.4. The minimum absolute atomic E-state index is 0.531. The summed E-state index contributed by atoms with van der Waals surface area (Å²) in [6, 6.07) is 44.7. The van der Waals surface area contributed by atoms with Gasteiger partial charge in [0.25, 0.3) is 0 Å². The van der Waals surface area contributed by atoms with E-state index in [2.05, 4.69) is 181 Å². The van der Waals surface area contributed by atoms with Crippen molar-refractivity contribution in [1.82, 2.24) is 0 Å². The molecule has 0 radical (unpaired) electrons. The van der Waals surface area contributed by atoms with Crippen LogP contribution in [0.1, 0.15) is 110 Å². The fraction of sp³-hybridized carbons (Fsp3) is 0.231. The molecule has 0 saturated carbocycles. The lowest BCUT2D eigenvalue weighted by atomic mass is 9.87. The highest BCUT2D eigenvalue weighted by atomic mass is 14.3. The van der Waals surface area contributed by atoms with Crippen LogP contribution in [0.5, 0.6) is 0 Å². The summed E-state index contributed by atoms with van der Waals surface area (Å²) in [5, 5.41) is 0. The second kappa shape index (κ2) is 16.4. The third-order valence-corrected chi connectivity index (χ3v) is 10.7. The van der Waals surface area contributed by atoms with Crippen LogP contribution < -0.4 is 0 Å². The summed E-state index contributed by atoms with van der Waals surface area (Å²) in [5.41, 5.74) is 23.8. The molecule has 0 fully saturated rings. The molecular weight excluding hydrogens is 625 g/mol. The molecule has 6 aromatic rings. The normalized spacial score (nSPS) is 12.4. The molecule has 0 spiro atoms. The van der Waals surface area contributed by atoms with Gasteiger partial charge < -0.3 is 0 Å². The minimum atomic E-state index is 0.531. The fourth-order valence-electron chi connectivity index (χ4n) is 8.22. The van der Waals surface area contributed by atoms with Crippen LogP contribution in [0.25, 0.3) is 45.0 Å². The third-order valence-electron chi connectivity index (χ3n) is 10.7. The summed E-state index contributed by atoms with van der Waals surface area (Å²) in [4.78, 5) is 0. The van der Waals surface area contributed by atoms with Crippen molar-refractivity contribution in [3.63, 3.8) is 0 Å². The Balaban J connectivity index is 0.000000171. The number of allylic oxidation sites excluding steroid dienone is 2. The molecule has 2 aliphatic rings. The van der Waals surface area contributed by atoms with Gasteiger partial charge in [-0.1, -0.05) is 174 Å². The zero-order chi connectivity index (χ0) is 36.8. The molecule has 262 valence electrons. The van der Waals surface area contributed by atoms with E-state index in [9.17, 15) is 0 Å². The van der Waals surface area contributed by atoms with Crippen LogP contribution in [0.3, 0.4) is 0 Å². The summed E-state index contributed by atoms with van der Waals surface area (Å²) in [6.45, 7) is 17.3. The Morgan fingerprint density at radius 1 is 0.615 bits per heavy atom. The van der Waals surface area contributed by atoms with Crippen LogP contribution in [0.15, 0.2) is 133 Å². The number of hydrogen-bond acceptors (Lipinski definition) is 0. The van der Waals surface area contributed by atoms with Crippen molar-refractivity contribution < 1.29 is 0 Å². The topological polar surface area (TPSA) is 0 Å². The van der Waals surface area contributed by atoms with E-state index in [-0.39, 0.29) is 0 Å². The first-order valence-corrected chi connectivity index (χ1v) is 19.4. The lowest BCUT2D eigenvalue weighted by Crippen LogP contribution is -1.97. The van der Waals surface area contributed by atoms with E-state index in [4.69, 9.17) is 0 Å². The largest absolute Gasteiger partial charge is 0.0870 e. The molecule has 0 aromatic heterocycles. The van der Waals surface area contributed by atoms with Gasteiger partial charge in [-0.3, -0.25) is 0 Å². The molecule has 52 heavy (non-hydrogen) atoms. The van der Waals surface area contributed by atoms with Crippen LogP contribution >= 0.6 is 0 Å². The molecule has 0 nitrogen and oxygen atoms in total. The van der Waals surface area contributed by atoms with Gasteiger partial charge in [0.05, 0.1) is 0 Å². The molecule has 0 bridgehead atoms. The van der Waals surface area contributed by atoms with Crippen LogP contribution in [0.4, 0.5) is 0 Å². The summed E-state index contributed by atoms with van der Waals surface area (Å²) in [5.74, 6) is 0.531. The van der Waals surface area contributed by atoms with Gasteiger partial charge in [0.1, 0.15) is 0 Å². The predicted molar refractivity (Wildman–Crippen MR) is 228 cm³/mol. The highest BCUT2D eigenvalue weighted by Gasteiger charge is 2.23. The Hall–Kier alpha value is -5.20. The zero-order valence-corrected chi connectivity index (χ0v) is 32.5. The molecule has 0 saturated heterocycles. The van der Waals surface area contributed by atoms with Gasteiger partial charge in [-0.25, -0.2) is 0 Å². The van der Waals surface area contributed by atoms with E-state index in [1.807, 2.05) is 13.8 Å². The maximum Gasteiger partial charge on any atom is -0.000728 e. The fourth-order valence-corrected chi connectivity index (χ4v) is 8.22. The van der Waals surface area contributed by atoms with Crippen LogP contribution in [-0.2, 0) is 19.3 Å². The van der Waals surface area contributed by atoms with Gasteiger partial charge >= 0.3 is 0 Å². The molecule has 6 aromatic carbocycles. The van der Waals surface area contributed by atoms with E-state index in [0.717, 1.165) is 19.3 Å². The number of hydrogen-bond donors (Lipinski definition) is 0. The molecule has 0 heterocycles. The average molecular weight is 679 g/mol. The Kier molecular flexibility index (Phi) is 11.6. The van der Waals surface area contributed by atoms with Crippen molar-refractivity contribution in [3.05, 3.63) is 189 Å². The van der Waals surface area contributed by atoms with Crippen LogP contribution in [0, 0.1) is 6.92 Å². The summed E-state index contributed by atoms with van der Waals surface area (Å²) in [6.07, 6.45) is 9.82. The molecule has 0 unspecified atom stereocenters. The Morgan fingerprint density at radius 2 is 1.21 bits per heavy atom. The van der Waals surface area contributed by atoms with E-state index in [0.29, 0.717) is 5.92 Å². The van der Waals surface area contributed by atoms with Gasteiger partial charge in [0.15, 0.2) is 0 Å². The van der Waals surface area contributed by atoms with Crippen molar-refractivity contribution in [3.8, 4) is 33.4 Å². The van der Waals surface area contributed by atoms with Gasteiger partial charge in [-0.05, 0) is 141 Å². The predicted octanol–water partition coefficient (Wildman–Crippen LogP) is 14.7. The summed E-state index contributed by atoms with van der Waals surface area (Å²) in [7, 11) is 0. The number of fused-ring (bicyclic) bond motifs is 6. The lowest BCUT2D eigenvalue weighted by Gasteiger charge is -2.17. The first-order valence-electron chi connectivity index (χ1n) is 19.4. The van der Waals surface area contributed by atoms with Gasteiger partial charge in [-0.15, -0.1) is 0 Å². The highest BCUT2D eigenvalue weighted by Crippen LogP contribution is 2.42. The second-order valence-electron chi connectivity index (χ2n) is 14.0. The van der Waals surface area contributed by atoms with Crippen molar-refractivity contribution in [2.45, 2.75) is 80.6 Å². The number of aryl methyl sites for hydroxylation is 1. The average Bonchev–Trinajstić information content (AvgIpc) is 3.76. The van der Waals surface area contributed by atoms with Crippen LogP contribution in [-0.4, -0.2) is 0 Å². The zero-order valence-electron chi connectivity index (χ0n) is 32.5. The monoisotopic (exact) mass is 678 g/mol. The lowest BCUT2D eigenvalue weighted by molar-refractivity contribution is 0.862. The third kappa shape index (κ3) is 7.00. The van der Waals surface area contributed by atoms with Crippen LogP contribution in [0.2, 0.25) is 0 Å². The van der Waals surface area contributed by atoms with E-state index in [1.165, 1.54) is 94.6 Å². The molecule has 0 atom stereocenters. The van der Waals surface area contributed by atoms with Crippen molar-refractivity contribution in [2.75, 3.05) is 0 Å². The Bertz CT molecular complexity index is 2250. The van der Waals surface area contributed by atoms with Gasteiger partial charge in [-0.2, -0.15) is 0 Å². The second-order valence-corrected chi connectivity index (χ2v) is 14.0. The Labute approximate surface area is 313 Å². The molecule has 0 amide bonds. The molecular formula is C52H54. The van der Waals surface area contributed by atoms with E-state index < -0.39 is 0 Å². The van der Waals surface area contributed by atoms with Crippen molar-refractivity contribution in [1.29, 1.82) is 0 Å². The summed E-state index contributed by atoms with van der Waals surface area (Å²) < 4.78 is 0. The summed E-state index contributed by atoms with van der Waals surface area (Å²) >= 11 is 0. The molecule has 2 aliphatic carbocycles. The standard InChI is InChI=1S/C26H26.C24H22.C2H6/c1-5-8-24-18(4)23(14-13-22(24)17(2)3)20-11-12-26-21(16-20)15-19-9-6-7-10-25(19)26;1-3-17-10-5-7-12-20(17)19(4-2)22-14-9-15-23-21-13-8-6-11-18(21)16-24(22)23;1-2/h5-14,16-17H,15H2,1-4H3;4-15H,3,16H2,1-2H3;1-2H3/b8-5-;19-4+;. The quantitative estimate of drug-likeness (QED) is 0.164. The van der Waals surface area contributed by atoms with Gasteiger partial charge in [0.2, 0.25) is 0 Å². The van der Waals surface area contributed by atoms with Crippen molar-refractivity contribution in [2.24, 2.45) is 0 Å². The maximum atomic E-state index is 2.39. The SMILES string of the molecule is C/C=C(\c1ccccc1CC)c1cccc2c1Cc1ccccc1-2.C/C=C\c1c(C(C)C)ccc(-c2ccc3c(c2)Cc2ccccc2-3)c1C.CC. The smallest absolute Gasteiger partial charge is 0.000728 e. The Morgan fingerprint density at radius 3 is 1.90 bits per heavy atom. The first kappa shape index (κ1) is 36.6. The van der Waals surface area contributed by atoms with Crippen molar-refractivity contribution >= 4 is 11.6 Å². The minimum Gasteiger partial charge on any atom is -0.0870 e. The maximum absolute atomic E-state index is 2.39. The molecule has 0 heteroatoms. The van der Waals surface area contributed by atoms with Gasteiger partial charge in [0, 0.05) is 0 Å². The molecule has 0 N–H and O–H groups in total. The highest BCUT2D eigenvalue weighted by molar-refractivity contribution is 5.89.